The van der Waals surface area contributed by atoms with Crippen LogP contribution in [0, 0.1) is 0 Å². The van der Waals surface area contributed by atoms with Gasteiger partial charge < -0.3 is 4.57 Å². The molecule has 200 valence electrons. The largest absolute Gasteiger partial charge is 0.435 e. The van der Waals surface area contributed by atoms with E-state index in [0.717, 1.165) is 39.3 Å². The molecule has 39 heavy (non-hydrogen) atoms. The molecule has 0 aliphatic rings. The molecule has 0 saturated carbocycles. The van der Waals surface area contributed by atoms with Crippen LogP contribution in [-0.2, 0) is 17.0 Å². The standard InChI is InChI=1S/C30H29F3N6/c1-28(2,3)27-35-22(19-38(27)20-11-7-6-8-12-20)21-13-9-14-23(34-21)29(4,5)24-15-10-16-26(36-24)39-18-17-25(37-39)30(31,32)33/h6-19H,1-5H3. The quantitative estimate of drug-likeness (QED) is 0.242. The molecule has 4 aromatic heterocycles. The van der Waals surface area contributed by atoms with Crippen LogP contribution < -0.4 is 0 Å². The molecule has 0 bridgehead atoms. The Hall–Kier alpha value is -4.27. The summed E-state index contributed by atoms with van der Waals surface area (Å²) in [5, 5.41) is 3.66. The lowest BCUT2D eigenvalue weighted by atomic mass is 9.84. The lowest BCUT2D eigenvalue weighted by Gasteiger charge is -2.24. The zero-order valence-electron chi connectivity index (χ0n) is 22.4. The minimum Gasteiger partial charge on any atom is -0.303 e. The molecular formula is C30H29F3N6. The number of aromatic nitrogens is 6. The number of rotatable bonds is 5. The highest BCUT2D eigenvalue weighted by Crippen LogP contribution is 2.33. The third-order valence-electron chi connectivity index (χ3n) is 6.55. The van der Waals surface area contributed by atoms with Crippen molar-refractivity contribution >= 4 is 0 Å². The molecule has 6 nitrogen and oxygen atoms in total. The Morgan fingerprint density at radius 2 is 1.31 bits per heavy atom. The maximum Gasteiger partial charge on any atom is 0.435 e. The van der Waals surface area contributed by atoms with Crippen LogP contribution >= 0.6 is 0 Å². The Morgan fingerprint density at radius 1 is 0.641 bits per heavy atom. The molecule has 5 aromatic rings. The number of halogens is 3. The summed E-state index contributed by atoms with van der Waals surface area (Å²) in [6.07, 6.45) is -1.26. The molecule has 0 radical (unpaired) electrons. The van der Waals surface area contributed by atoms with Gasteiger partial charge in [-0.05, 0) is 56.3 Å². The van der Waals surface area contributed by atoms with E-state index in [9.17, 15) is 13.2 Å². The first-order chi connectivity index (χ1) is 18.3. The summed E-state index contributed by atoms with van der Waals surface area (Å²) >= 11 is 0. The van der Waals surface area contributed by atoms with Crippen molar-refractivity contribution < 1.29 is 13.2 Å². The SMILES string of the molecule is CC(C)(C)c1nc(-c2cccc(C(C)(C)c3cccc(-n4ccc(C(F)(F)F)n4)n3)n2)cn1-c1ccccc1. The van der Waals surface area contributed by atoms with E-state index in [2.05, 4.69) is 35.4 Å². The second-order valence-electron chi connectivity index (χ2n) is 11.0. The third kappa shape index (κ3) is 5.21. The Balaban J connectivity index is 1.52. The van der Waals surface area contributed by atoms with Crippen molar-refractivity contribution in [2.24, 2.45) is 0 Å². The van der Waals surface area contributed by atoms with E-state index >= 15 is 0 Å². The topological polar surface area (TPSA) is 61.4 Å². The fourth-order valence-corrected chi connectivity index (χ4v) is 4.38. The average molecular weight is 531 g/mol. The van der Waals surface area contributed by atoms with Crippen LogP contribution in [0.25, 0.3) is 22.9 Å². The van der Waals surface area contributed by atoms with Crippen LogP contribution in [0.5, 0.6) is 0 Å². The molecule has 9 heteroatoms. The van der Waals surface area contributed by atoms with Crippen LogP contribution in [-0.4, -0.2) is 29.3 Å². The van der Waals surface area contributed by atoms with E-state index < -0.39 is 17.3 Å². The number of imidazole rings is 1. The predicted octanol–water partition coefficient (Wildman–Crippen LogP) is 7.16. The van der Waals surface area contributed by atoms with Gasteiger partial charge in [0, 0.05) is 28.9 Å². The number of nitrogens with zero attached hydrogens (tertiary/aromatic N) is 6. The van der Waals surface area contributed by atoms with Gasteiger partial charge in [0.2, 0.25) is 0 Å². The number of hydrogen-bond acceptors (Lipinski definition) is 4. The third-order valence-corrected chi connectivity index (χ3v) is 6.55. The molecule has 0 N–H and O–H groups in total. The van der Waals surface area contributed by atoms with Crippen LogP contribution in [0.15, 0.2) is 85.2 Å². The van der Waals surface area contributed by atoms with Crippen molar-refractivity contribution in [2.75, 3.05) is 0 Å². The number of hydrogen-bond donors (Lipinski definition) is 0. The minimum atomic E-state index is -4.52. The molecule has 5 rings (SSSR count). The smallest absolute Gasteiger partial charge is 0.303 e. The lowest BCUT2D eigenvalue weighted by Crippen LogP contribution is -2.23. The van der Waals surface area contributed by atoms with Crippen molar-refractivity contribution in [1.29, 1.82) is 0 Å². The van der Waals surface area contributed by atoms with Crippen molar-refractivity contribution in [2.45, 2.75) is 51.6 Å². The molecule has 0 unspecified atom stereocenters. The van der Waals surface area contributed by atoms with E-state index in [4.69, 9.17) is 9.97 Å². The highest BCUT2D eigenvalue weighted by atomic mass is 19.4. The molecular weight excluding hydrogens is 501 g/mol. The van der Waals surface area contributed by atoms with Crippen molar-refractivity contribution in [3.63, 3.8) is 0 Å². The van der Waals surface area contributed by atoms with Crippen LogP contribution in [0.1, 0.15) is 57.5 Å². The molecule has 0 fully saturated rings. The summed E-state index contributed by atoms with van der Waals surface area (Å²) in [5.74, 6) is 1.21. The first-order valence-corrected chi connectivity index (χ1v) is 12.6. The summed E-state index contributed by atoms with van der Waals surface area (Å²) in [6, 6.07) is 22.0. The van der Waals surface area contributed by atoms with Crippen molar-refractivity contribution in [1.82, 2.24) is 29.3 Å². The zero-order valence-corrected chi connectivity index (χ0v) is 22.4. The summed E-state index contributed by atoms with van der Waals surface area (Å²) in [7, 11) is 0. The van der Waals surface area contributed by atoms with Gasteiger partial charge in [-0.15, -0.1) is 0 Å². The van der Waals surface area contributed by atoms with E-state index in [-0.39, 0.29) is 5.41 Å². The average Bonchev–Trinajstić information content (AvgIpc) is 3.58. The molecule has 0 aliphatic heterocycles. The first kappa shape index (κ1) is 26.3. The van der Waals surface area contributed by atoms with Gasteiger partial charge in [-0.25, -0.2) is 14.6 Å². The number of para-hydroxylation sites is 1. The molecule has 0 atom stereocenters. The molecule has 4 heterocycles. The fraction of sp³-hybridized carbons (Fsp3) is 0.267. The van der Waals surface area contributed by atoms with Crippen LogP contribution in [0.4, 0.5) is 13.2 Å². The van der Waals surface area contributed by atoms with E-state index in [1.807, 2.05) is 74.6 Å². The molecule has 0 spiro atoms. The zero-order chi connectivity index (χ0) is 28.0. The highest BCUT2D eigenvalue weighted by molar-refractivity contribution is 5.56. The first-order valence-electron chi connectivity index (χ1n) is 12.6. The van der Waals surface area contributed by atoms with E-state index in [1.165, 1.54) is 6.20 Å². The van der Waals surface area contributed by atoms with Crippen LogP contribution in [0.3, 0.4) is 0 Å². The number of benzene rings is 1. The fourth-order valence-electron chi connectivity index (χ4n) is 4.38. The number of alkyl halides is 3. The Labute approximate surface area is 225 Å². The van der Waals surface area contributed by atoms with Gasteiger partial charge in [0.1, 0.15) is 11.5 Å². The van der Waals surface area contributed by atoms with Gasteiger partial charge in [0.15, 0.2) is 11.5 Å². The van der Waals surface area contributed by atoms with Gasteiger partial charge in [0.25, 0.3) is 0 Å². The highest BCUT2D eigenvalue weighted by Gasteiger charge is 2.34. The maximum absolute atomic E-state index is 13.1. The maximum atomic E-state index is 13.1. The van der Waals surface area contributed by atoms with E-state index in [1.54, 1.807) is 12.1 Å². The van der Waals surface area contributed by atoms with Gasteiger partial charge in [-0.2, -0.15) is 18.3 Å². The summed E-state index contributed by atoms with van der Waals surface area (Å²) in [6.45, 7) is 10.3. The van der Waals surface area contributed by atoms with Crippen LogP contribution in [0.2, 0.25) is 0 Å². The molecule has 0 saturated heterocycles. The second kappa shape index (κ2) is 9.48. The summed E-state index contributed by atoms with van der Waals surface area (Å²) < 4.78 is 42.4. The molecule has 0 aliphatic carbocycles. The van der Waals surface area contributed by atoms with Gasteiger partial charge in [0.05, 0.1) is 17.1 Å². The normalized spacial score (nSPS) is 12.6. The molecule has 0 amide bonds. The monoisotopic (exact) mass is 530 g/mol. The van der Waals surface area contributed by atoms with Gasteiger partial charge >= 0.3 is 6.18 Å². The van der Waals surface area contributed by atoms with Crippen molar-refractivity contribution in [3.8, 4) is 22.9 Å². The minimum absolute atomic E-state index is 0.201. The van der Waals surface area contributed by atoms with Gasteiger partial charge in [-0.1, -0.05) is 51.1 Å². The Kier molecular flexibility index (Phi) is 6.40. The van der Waals surface area contributed by atoms with Gasteiger partial charge in [-0.3, -0.25) is 4.98 Å². The lowest BCUT2D eigenvalue weighted by molar-refractivity contribution is -0.141. The van der Waals surface area contributed by atoms with Crippen molar-refractivity contribution in [3.05, 3.63) is 108 Å². The van der Waals surface area contributed by atoms with E-state index in [0.29, 0.717) is 11.5 Å². The summed E-state index contributed by atoms with van der Waals surface area (Å²) in [5.41, 5.74) is 2.08. The number of pyridine rings is 2. The Bertz CT molecular complexity index is 1610. The summed E-state index contributed by atoms with van der Waals surface area (Å²) in [4.78, 5) is 14.6. The second-order valence-corrected chi connectivity index (χ2v) is 11.0. The predicted molar refractivity (Wildman–Crippen MR) is 144 cm³/mol. The molecule has 1 aromatic carbocycles. The Morgan fingerprint density at radius 3 is 1.95 bits per heavy atom.